The molecule has 0 spiro atoms. The van der Waals surface area contributed by atoms with Crippen molar-refractivity contribution in [3.63, 3.8) is 0 Å². The van der Waals surface area contributed by atoms with E-state index in [1.165, 1.54) is 0 Å². The average molecular weight is 393 g/mol. The van der Waals surface area contributed by atoms with Gasteiger partial charge in [0.05, 0.1) is 17.7 Å². The van der Waals surface area contributed by atoms with E-state index in [9.17, 15) is 0 Å². The quantitative estimate of drug-likeness (QED) is 0.464. The van der Waals surface area contributed by atoms with E-state index in [0.29, 0.717) is 11.6 Å². The summed E-state index contributed by atoms with van der Waals surface area (Å²) >= 11 is 6.22. The maximum absolute atomic E-state index is 6.22. The van der Waals surface area contributed by atoms with Crippen molar-refractivity contribution in [2.75, 3.05) is 11.9 Å². The van der Waals surface area contributed by atoms with Gasteiger partial charge in [-0.25, -0.2) is 9.97 Å². The predicted octanol–water partition coefficient (Wildman–Crippen LogP) is 5.83. The Morgan fingerprint density at radius 1 is 1.07 bits per heavy atom. The molecule has 0 fully saturated rings. The molecule has 142 valence electrons. The molecule has 6 heteroatoms. The molecule has 1 N–H and O–H groups in total. The number of rotatable bonds is 5. The van der Waals surface area contributed by atoms with Gasteiger partial charge in [-0.05, 0) is 56.7 Å². The normalized spacial score (nSPS) is 11.0. The molecular formula is C22H21ClN4O. The lowest BCUT2D eigenvalue weighted by Gasteiger charge is -2.12. The molecule has 0 aliphatic heterocycles. The van der Waals surface area contributed by atoms with Crippen LogP contribution in [0.3, 0.4) is 0 Å². The standard InChI is InChI=1S/C22H21ClN4O/c1-4-28-19-11-6-5-10-18(19)26-21-20-14(2)15(3)27(22(20)25-13-24-21)17-9-7-8-16(23)12-17/h5-13H,4H2,1-3H3,(H,24,25,26). The topological polar surface area (TPSA) is 52.0 Å². The number of hydrogen-bond donors (Lipinski definition) is 1. The van der Waals surface area contributed by atoms with Crippen LogP contribution in [0.5, 0.6) is 5.75 Å². The first kappa shape index (κ1) is 18.3. The van der Waals surface area contributed by atoms with Crippen molar-refractivity contribution in [2.24, 2.45) is 0 Å². The van der Waals surface area contributed by atoms with Gasteiger partial charge in [0.25, 0.3) is 0 Å². The first-order chi connectivity index (χ1) is 13.6. The lowest BCUT2D eigenvalue weighted by atomic mass is 10.2. The highest BCUT2D eigenvalue weighted by atomic mass is 35.5. The molecule has 0 saturated carbocycles. The lowest BCUT2D eigenvalue weighted by Crippen LogP contribution is -2.01. The smallest absolute Gasteiger partial charge is 0.150 e. The number of aromatic nitrogens is 3. The summed E-state index contributed by atoms with van der Waals surface area (Å²) in [7, 11) is 0. The van der Waals surface area contributed by atoms with Crippen LogP contribution in [0.25, 0.3) is 16.7 Å². The first-order valence-corrected chi connectivity index (χ1v) is 9.55. The van der Waals surface area contributed by atoms with Gasteiger partial charge in [0.1, 0.15) is 17.9 Å². The number of halogens is 1. The van der Waals surface area contributed by atoms with Crippen molar-refractivity contribution in [3.8, 4) is 11.4 Å². The van der Waals surface area contributed by atoms with Crippen LogP contribution in [0.1, 0.15) is 18.2 Å². The van der Waals surface area contributed by atoms with Gasteiger partial charge in [-0.3, -0.25) is 4.57 Å². The molecule has 4 rings (SSSR count). The molecular weight excluding hydrogens is 372 g/mol. The van der Waals surface area contributed by atoms with Crippen LogP contribution in [0.15, 0.2) is 54.9 Å². The average Bonchev–Trinajstić information content (AvgIpc) is 2.95. The number of hydrogen-bond acceptors (Lipinski definition) is 4. The van der Waals surface area contributed by atoms with Crippen LogP contribution in [0.2, 0.25) is 5.02 Å². The molecule has 0 saturated heterocycles. The van der Waals surface area contributed by atoms with Crippen molar-refractivity contribution in [3.05, 3.63) is 71.1 Å². The minimum atomic E-state index is 0.598. The second kappa shape index (κ2) is 7.52. The number of anilines is 2. The lowest BCUT2D eigenvalue weighted by molar-refractivity contribution is 0.342. The van der Waals surface area contributed by atoms with Gasteiger partial charge < -0.3 is 10.1 Å². The Kier molecular flexibility index (Phi) is 4.92. The van der Waals surface area contributed by atoms with E-state index < -0.39 is 0 Å². The highest BCUT2D eigenvalue weighted by Crippen LogP contribution is 2.35. The Morgan fingerprint density at radius 3 is 2.68 bits per heavy atom. The number of nitrogens with zero attached hydrogens (tertiary/aromatic N) is 3. The number of para-hydroxylation sites is 2. The predicted molar refractivity (Wildman–Crippen MR) is 114 cm³/mol. The molecule has 2 heterocycles. The SMILES string of the molecule is CCOc1ccccc1Nc1ncnc2c1c(C)c(C)n2-c1cccc(Cl)c1. The van der Waals surface area contributed by atoms with Crippen LogP contribution in [0.4, 0.5) is 11.5 Å². The fourth-order valence-corrected chi connectivity index (χ4v) is 3.59. The number of nitrogens with one attached hydrogen (secondary N) is 1. The fraction of sp³-hybridized carbons (Fsp3) is 0.182. The zero-order valence-corrected chi connectivity index (χ0v) is 16.8. The molecule has 0 unspecified atom stereocenters. The summed E-state index contributed by atoms with van der Waals surface area (Å²) in [4.78, 5) is 9.08. The Labute approximate surface area is 169 Å². The zero-order chi connectivity index (χ0) is 19.7. The molecule has 0 amide bonds. The van der Waals surface area contributed by atoms with Gasteiger partial charge in [-0.2, -0.15) is 0 Å². The zero-order valence-electron chi connectivity index (χ0n) is 16.0. The van der Waals surface area contributed by atoms with Crippen molar-refractivity contribution in [1.29, 1.82) is 0 Å². The third-order valence-electron chi connectivity index (χ3n) is 4.80. The number of fused-ring (bicyclic) bond motifs is 1. The minimum absolute atomic E-state index is 0.598. The van der Waals surface area contributed by atoms with Crippen molar-refractivity contribution < 1.29 is 4.74 Å². The highest BCUT2D eigenvalue weighted by molar-refractivity contribution is 6.30. The van der Waals surface area contributed by atoms with Crippen LogP contribution < -0.4 is 10.1 Å². The van der Waals surface area contributed by atoms with Crippen molar-refractivity contribution >= 4 is 34.1 Å². The Morgan fingerprint density at radius 2 is 1.89 bits per heavy atom. The molecule has 0 aliphatic rings. The molecule has 2 aromatic carbocycles. The number of ether oxygens (including phenoxy) is 1. The van der Waals surface area contributed by atoms with Crippen LogP contribution in [-0.4, -0.2) is 21.1 Å². The molecule has 0 aliphatic carbocycles. The maximum atomic E-state index is 6.22. The summed E-state index contributed by atoms with van der Waals surface area (Å²) in [5.41, 5.74) is 4.90. The van der Waals surface area contributed by atoms with Crippen LogP contribution in [-0.2, 0) is 0 Å². The molecule has 5 nitrogen and oxygen atoms in total. The van der Waals surface area contributed by atoms with Gasteiger partial charge in [0, 0.05) is 16.4 Å². The summed E-state index contributed by atoms with van der Waals surface area (Å²) in [6.07, 6.45) is 1.58. The van der Waals surface area contributed by atoms with Gasteiger partial charge in [-0.15, -0.1) is 0 Å². The summed E-state index contributed by atoms with van der Waals surface area (Å²) in [5, 5.41) is 5.10. The van der Waals surface area contributed by atoms with E-state index in [0.717, 1.165) is 45.2 Å². The van der Waals surface area contributed by atoms with E-state index in [1.54, 1.807) is 6.33 Å². The third kappa shape index (κ3) is 3.18. The number of benzene rings is 2. The van der Waals surface area contributed by atoms with Crippen LogP contribution in [0, 0.1) is 13.8 Å². The van der Waals surface area contributed by atoms with E-state index in [2.05, 4.69) is 33.7 Å². The largest absolute Gasteiger partial charge is 0.492 e. The summed E-state index contributed by atoms with van der Waals surface area (Å²) in [6, 6.07) is 15.6. The van der Waals surface area contributed by atoms with Crippen molar-refractivity contribution in [2.45, 2.75) is 20.8 Å². The maximum Gasteiger partial charge on any atom is 0.150 e. The van der Waals surface area contributed by atoms with Gasteiger partial charge >= 0.3 is 0 Å². The highest BCUT2D eigenvalue weighted by Gasteiger charge is 2.18. The minimum Gasteiger partial charge on any atom is -0.492 e. The van der Waals surface area contributed by atoms with E-state index in [1.807, 2.05) is 55.5 Å². The molecule has 0 radical (unpaired) electrons. The van der Waals surface area contributed by atoms with E-state index in [4.69, 9.17) is 16.3 Å². The second-order valence-corrected chi connectivity index (χ2v) is 6.94. The summed E-state index contributed by atoms with van der Waals surface area (Å²) < 4.78 is 7.85. The third-order valence-corrected chi connectivity index (χ3v) is 5.03. The fourth-order valence-electron chi connectivity index (χ4n) is 3.40. The number of aryl methyl sites for hydroxylation is 1. The summed E-state index contributed by atoms with van der Waals surface area (Å²) in [5.74, 6) is 1.54. The van der Waals surface area contributed by atoms with Crippen LogP contribution >= 0.6 is 11.6 Å². The Balaban J connectivity index is 1.88. The van der Waals surface area contributed by atoms with E-state index in [-0.39, 0.29) is 0 Å². The van der Waals surface area contributed by atoms with E-state index >= 15 is 0 Å². The van der Waals surface area contributed by atoms with Crippen molar-refractivity contribution in [1.82, 2.24) is 14.5 Å². The molecule has 28 heavy (non-hydrogen) atoms. The van der Waals surface area contributed by atoms with Gasteiger partial charge in [0.15, 0.2) is 5.65 Å². The molecule has 2 aromatic heterocycles. The Bertz CT molecular complexity index is 1150. The monoisotopic (exact) mass is 392 g/mol. The molecule has 4 aromatic rings. The first-order valence-electron chi connectivity index (χ1n) is 9.17. The molecule has 0 atom stereocenters. The van der Waals surface area contributed by atoms with Gasteiger partial charge in [0.2, 0.25) is 0 Å². The Hall–Kier alpha value is -3.05. The van der Waals surface area contributed by atoms with Gasteiger partial charge in [-0.1, -0.05) is 29.8 Å². The molecule has 0 bridgehead atoms. The second-order valence-electron chi connectivity index (χ2n) is 6.50. The summed E-state index contributed by atoms with van der Waals surface area (Å²) in [6.45, 7) is 6.73.